The number of hydrogen-bond donors (Lipinski definition) is 3. The van der Waals surface area contributed by atoms with Crippen molar-refractivity contribution < 1.29 is 18.4 Å². The lowest BCUT2D eigenvalue weighted by Crippen LogP contribution is -2.42. The molecule has 0 radical (unpaired) electrons. The van der Waals surface area contributed by atoms with Crippen LogP contribution in [0.5, 0.6) is 0 Å². The van der Waals surface area contributed by atoms with Crippen LogP contribution in [0.2, 0.25) is 0 Å². The van der Waals surface area contributed by atoms with Crippen LogP contribution in [0.4, 0.5) is 25.3 Å². The third-order valence-corrected chi connectivity index (χ3v) is 7.58. The van der Waals surface area contributed by atoms with Crippen molar-refractivity contribution in [1.82, 2.24) is 20.1 Å². The summed E-state index contributed by atoms with van der Waals surface area (Å²) in [5.74, 6) is -1.32. The van der Waals surface area contributed by atoms with E-state index in [2.05, 4.69) is 25.6 Å². The van der Waals surface area contributed by atoms with Crippen molar-refractivity contribution in [1.29, 1.82) is 0 Å². The van der Waals surface area contributed by atoms with Crippen molar-refractivity contribution >= 4 is 39.7 Å². The van der Waals surface area contributed by atoms with Gasteiger partial charge in [0.25, 0.3) is 5.91 Å². The highest BCUT2D eigenvalue weighted by Gasteiger charge is 2.39. The number of amides is 2. The van der Waals surface area contributed by atoms with Crippen molar-refractivity contribution in [2.75, 3.05) is 29.0 Å². The van der Waals surface area contributed by atoms with Gasteiger partial charge in [-0.1, -0.05) is 17.4 Å². The van der Waals surface area contributed by atoms with Gasteiger partial charge in [-0.05, 0) is 37.8 Å². The molecule has 1 aromatic carbocycles. The highest BCUT2D eigenvalue weighted by molar-refractivity contribution is 7.19. The van der Waals surface area contributed by atoms with Gasteiger partial charge in [-0.15, -0.1) is 0 Å². The molecule has 9 nitrogen and oxygen atoms in total. The zero-order valence-electron chi connectivity index (χ0n) is 19.1. The van der Waals surface area contributed by atoms with Gasteiger partial charge in [-0.3, -0.25) is 14.3 Å². The minimum absolute atomic E-state index is 0.00825. The Bertz CT molecular complexity index is 1290. The Balaban J connectivity index is 1.36. The summed E-state index contributed by atoms with van der Waals surface area (Å²) in [4.78, 5) is 31.2. The van der Waals surface area contributed by atoms with Crippen LogP contribution in [-0.2, 0) is 11.8 Å². The standard InChI is InChI=1S/C23H25F2N7O2S/c1-31-22(32-10-3-7-23(9-11-32)8-6-16(33)30-23)15(12-27-31)28-20(34)18-19(26)35-21(29-18)17-13(24)4-2-5-14(17)25/h2,4-5,12H,3,6-11,26H2,1H3,(H,28,34)(H,30,33)/t23-/m0/s1. The summed E-state index contributed by atoms with van der Waals surface area (Å²) in [6, 6.07) is 3.51. The zero-order valence-corrected chi connectivity index (χ0v) is 19.9. The molecular formula is C23H25F2N7O2S. The highest BCUT2D eigenvalue weighted by atomic mass is 32.1. The molecule has 0 aliphatic carbocycles. The first-order valence-electron chi connectivity index (χ1n) is 11.4. The second kappa shape index (κ2) is 8.91. The van der Waals surface area contributed by atoms with E-state index in [0.29, 0.717) is 18.7 Å². The van der Waals surface area contributed by atoms with E-state index in [9.17, 15) is 18.4 Å². The number of rotatable bonds is 4. The van der Waals surface area contributed by atoms with E-state index < -0.39 is 17.5 Å². The van der Waals surface area contributed by atoms with Crippen LogP contribution in [0.3, 0.4) is 0 Å². The van der Waals surface area contributed by atoms with Crippen LogP contribution in [-0.4, -0.2) is 45.2 Å². The monoisotopic (exact) mass is 501 g/mol. The first kappa shape index (κ1) is 23.2. The van der Waals surface area contributed by atoms with Gasteiger partial charge < -0.3 is 21.3 Å². The van der Waals surface area contributed by atoms with Crippen LogP contribution in [0.25, 0.3) is 10.6 Å². The second-order valence-electron chi connectivity index (χ2n) is 8.96. The first-order valence-corrected chi connectivity index (χ1v) is 12.2. The molecule has 2 aliphatic rings. The molecular weight excluding hydrogens is 476 g/mol. The maximum absolute atomic E-state index is 14.2. The highest BCUT2D eigenvalue weighted by Crippen LogP contribution is 2.36. The number of thiazole rings is 1. The molecule has 184 valence electrons. The number of aromatic nitrogens is 3. The minimum Gasteiger partial charge on any atom is -0.389 e. The smallest absolute Gasteiger partial charge is 0.277 e. The van der Waals surface area contributed by atoms with Crippen molar-refractivity contribution in [3.05, 3.63) is 41.7 Å². The number of carbonyl (C=O) groups is 2. The number of anilines is 3. The van der Waals surface area contributed by atoms with E-state index in [1.54, 1.807) is 17.9 Å². The van der Waals surface area contributed by atoms with E-state index in [4.69, 9.17) is 5.73 Å². The van der Waals surface area contributed by atoms with E-state index in [1.165, 1.54) is 6.07 Å². The van der Waals surface area contributed by atoms with E-state index in [1.807, 2.05) is 0 Å². The molecule has 2 aliphatic heterocycles. The van der Waals surface area contributed by atoms with Crippen LogP contribution in [0.15, 0.2) is 24.4 Å². The molecule has 3 aromatic rings. The molecule has 1 spiro atoms. The average Bonchev–Trinajstić information content (AvgIpc) is 3.43. The lowest BCUT2D eigenvalue weighted by molar-refractivity contribution is -0.119. The van der Waals surface area contributed by atoms with Gasteiger partial charge in [0.2, 0.25) is 5.91 Å². The quantitative estimate of drug-likeness (QED) is 0.505. The average molecular weight is 502 g/mol. The van der Waals surface area contributed by atoms with E-state index in [0.717, 1.165) is 61.5 Å². The third-order valence-electron chi connectivity index (χ3n) is 6.68. The van der Waals surface area contributed by atoms with Crippen molar-refractivity contribution in [2.45, 2.75) is 37.6 Å². The van der Waals surface area contributed by atoms with Crippen molar-refractivity contribution in [3.8, 4) is 10.6 Å². The normalized spacial score (nSPS) is 20.2. The number of aryl methyl sites for hydroxylation is 1. The number of halogens is 2. The summed E-state index contributed by atoms with van der Waals surface area (Å²) >= 11 is 0.846. The summed E-state index contributed by atoms with van der Waals surface area (Å²) < 4.78 is 30.1. The largest absolute Gasteiger partial charge is 0.389 e. The topological polar surface area (TPSA) is 118 Å². The van der Waals surface area contributed by atoms with Gasteiger partial charge in [0.05, 0.1) is 11.8 Å². The maximum atomic E-state index is 14.2. The Kier molecular flexibility index (Phi) is 5.91. The SMILES string of the molecule is Cn1ncc(NC(=O)c2nc(-c3c(F)cccc3F)sc2N)c1N1CCC[C@]2(CCC(=O)N2)CC1. The molecule has 12 heteroatoms. The predicted octanol–water partition coefficient (Wildman–Crippen LogP) is 3.30. The molecule has 1 atom stereocenters. The molecule has 2 fully saturated rings. The molecule has 2 saturated heterocycles. The van der Waals surface area contributed by atoms with Crippen LogP contribution < -0.4 is 21.3 Å². The summed E-state index contributed by atoms with van der Waals surface area (Å²) in [6.07, 6.45) is 5.53. The van der Waals surface area contributed by atoms with Crippen molar-refractivity contribution in [3.63, 3.8) is 0 Å². The molecule has 5 rings (SSSR count). The van der Waals surface area contributed by atoms with Gasteiger partial charge in [-0.2, -0.15) is 5.10 Å². The molecule has 2 amide bonds. The Morgan fingerprint density at radius 3 is 2.71 bits per heavy atom. The number of nitrogens with zero attached hydrogens (tertiary/aromatic N) is 4. The number of nitrogen functional groups attached to an aromatic ring is 1. The Morgan fingerprint density at radius 1 is 1.23 bits per heavy atom. The lowest BCUT2D eigenvalue weighted by atomic mass is 9.89. The van der Waals surface area contributed by atoms with Gasteiger partial charge >= 0.3 is 0 Å². The molecule has 4 N–H and O–H groups in total. The Labute approximate surface area is 204 Å². The number of benzene rings is 1. The van der Waals surface area contributed by atoms with Crippen LogP contribution in [0.1, 0.15) is 42.6 Å². The first-order chi connectivity index (χ1) is 16.8. The minimum atomic E-state index is -0.780. The second-order valence-corrected chi connectivity index (χ2v) is 9.99. The Morgan fingerprint density at radius 2 is 2.00 bits per heavy atom. The molecule has 0 saturated carbocycles. The third kappa shape index (κ3) is 4.33. The predicted molar refractivity (Wildman–Crippen MR) is 129 cm³/mol. The van der Waals surface area contributed by atoms with E-state index >= 15 is 0 Å². The van der Waals surface area contributed by atoms with Gasteiger partial charge in [-0.25, -0.2) is 13.8 Å². The van der Waals surface area contributed by atoms with E-state index in [-0.39, 0.29) is 32.7 Å². The number of nitrogens with two attached hydrogens (primary N) is 1. The fourth-order valence-electron chi connectivity index (χ4n) is 4.93. The molecule has 2 aromatic heterocycles. The zero-order chi connectivity index (χ0) is 24.7. The Hall–Kier alpha value is -3.54. The van der Waals surface area contributed by atoms with Gasteiger partial charge in [0, 0.05) is 32.1 Å². The van der Waals surface area contributed by atoms with Crippen LogP contribution in [0, 0.1) is 11.6 Å². The summed E-state index contributed by atoms with van der Waals surface area (Å²) in [7, 11) is 1.79. The summed E-state index contributed by atoms with van der Waals surface area (Å²) in [6.45, 7) is 1.44. The molecule has 35 heavy (non-hydrogen) atoms. The fourth-order valence-corrected chi connectivity index (χ4v) is 5.81. The fraction of sp³-hybridized carbons (Fsp3) is 0.391. The molecule has 4 heterocycles. The van der Waals surface area contributed by atoms with Crippen LogP contribution >= 0.6 is 11.3 Å². The number of nitrogens with one attached hydrogen (secondary N) is 2. The van der Waals surface area contributed by atoms with Gasteiger partial charge in [0.1, 0.15) is 27.3 Å². The molecule has 0 bridgehead atoms. The summed E-state index contributed by atoms with van der Waals surface area (Å²) in [5.41, 5.74) is 5.90. The van der Waals surface area contributed by atoms with Crippen molar-refractivity contribution in [2.24, 2.45) is 7.05 Å². The molecule has 0 unspecified atom stereocenters. The number of carbonyl (C=O) groups excluding carboxylic acids is 2. The summed E-state index contributed by atoms with van der Waals surface area (Å²) in [5, 5.41) is 10.3. The lowest BCUT2D eigenvalue weighted by Gasteiger charge is -2.28. The van der Waals surface area contributed by atoms with Gasteiger partial charge in [0.15, 0.2) is 11.5 Å². The maximum Gasteiger partial charge on any atom is 0.277 e. The number of hydrogen-bond acceptors (Lipinski definition) is 7.